The van der Waals surface area contributed by atoms with E-state index in [-0.39, 0.29) is 5.97 Å². The van der Waals surface area contributed by atoms with Crippen molar-refractivity contribution in [2.45, 2.75) is 19.3 Å². The maximum absolute atomic E-state index is 11.0. The summed E-state index contributed by atoms with van der Waals surface area (Å²) in [6.07, 6.45) is 2.84. The summed E-state index contributed by atoms with van der Waals surface area (Å²) in [7, 11) is 1.38. The molecule has 6 heteroatoms. The lowest BCUT2D eigenvalue weighted by Gasteiger charge is -2.18. The van der Waals surface area contributed by atoms with Gasteiger partial charge in [0.15, 0.2) is 5.11 Å². The highest BCUT2D eigenvalue weighted by atomic mass is 32.1. The van der Waals surface area contributed by atoms with E-state index >= 15 is 0 Å². The molecule has 0 radical (unpaired) electrons. The first-order valence-electron chi connectivity index (χ1n) is 7.16. The number of esters is 1. The Hall–Kier alpha value is -1.82. The first kappa shape index (κ1) is 15.6. The van der Waals surface area contributed by atoms with E-state index in [0.29, 0.717) is 18.1 Å². The van der Waals surface area contributed by atoms with Gasteiger partial charge in [0.1, 0.15) is 0 Å². The standard InChI is InChI=1S/C15H21N3O2S/c1-20-14(19)8-9-16-15(21)17-12-4-6-13(7-5-12)18-10-2-3-11-18/h4-7H,2-3,8-11H2,1H3,(H2,16,17,21). The molecule has 2 rings (SSSR count). The summed E-state index contributed by atoms with van der Waals surface area (Å²) in [5.41, 5.74) is 2.19. The molecule has 2 N–H and O–H groups in total. The smallest absolute Gasteiger partial charge is 0.307 e. The Balaban J connectivity index is 1.77. The predicted molar refractivity (Wildman–Crippen MR) is 88.7 cm³/mol. The molecule has 1 heterocycles. The van der Waals surface area contributed by atoms with Gasteiger partial charge in [-0.15, -0.1) is 0 Å². The molecule has 1 aromatic carbocycles. The lowest BCUT2D eigenvalue weighted by atomic mass is 10.2. The normalized spacial score (nSPS) is 13.9. The van der Waals surface area contributed by atoms with Crippen LogP contribution in [0.1, 0.15) is 19.3 Å². The van der Waals surface area contributed by atoms with Crippen LogP contribution in [-0.4, -0.2) is 37.8 Å². The quantitative estimate of drug-likeness (QED) is 0.642. The number of carbonyl (C=O) groups is 1. The minimum Gasteiger partial charge on any atom is -0.469 e. The fourth-order valence-corrected chi connectivity index (χ4v) is 2.51. The molecule has 0 atom stereocenters. The molecular weight excluding hydrogens is 286 g/mol. The number of ether oxygens (including phenoxy) is 1. The molecule has 1 aliphatic rings. The van der Waals surface area contributed by atoms with Crippen molar-refractivity contribution in [3.63, 3.8) is 0 Å². The van der Waals surface area contributed by atoms with Gasteiger partial charge in [0.2, 0.25) is 0 Å². The monoisotopic (exact) mass is 307 g/mol. The van der Waals surface area contributed by atoms with E-state index in [1.807, 2.05) is 12.1 Å². The number of benzene rings is 1. The highest BCUT2D eigenvalue weighted by molar-refractivity contribution is 7.80. The molecule has 0 aromatic heterocycles. The zero-order valence-corrected chi connectivity index (χ0v) is 13.0. The summed E-state index contributed by atoms with van der Waals surface area (Å²) < 4.78 is 4.56. The van der Waals surface area contributed by atoms with Gasteiger partial charge in [0.25, 0.3) is 0 Å². The highest BCUT2D eigenvalue weighted by Gasteiger charge is 2.11. The number of nitrogens with zero attached hydrogens (tertiary/aromatic N) is 1. The van der Waals surface area contributed by atoms with Crippen LogP contribution in [0.15, 0.2) is 24.3 Å². The van der Waals surface area contributed by atoms with Crippen molar-refractivity contribution in [3.8, 4) is 0 Å². The molecule has 1 aromatic rings. The van der Waals surface area contributed by atoms with Crippen molar-refractivity contribution >= 4 is 34.7 Å². The molecule has 0 aliphatic carbocycles. The molecule has 0 saturated carbocycles. The average molecular weight is 307 g/mol. The van der Waals surface area contributed by atoms with Crippen molar-refractivity contribution in [2.24, 2.45) is 0 Å². The summed E-state index contributed by atoms with van der Waals surface area (Å²) in [5, 5.41) is 6.58. The number of hydrogen-bond acceptors (Lipinski definition) is 4. The fraction of sp³-hybridized carbons (Fsp3) is 0.467. The average Bonchev–Trinajstić information content (AvgIpc) is 3.02. The van der Waals surface area contributed by atoms with Crippen molar-refractivity contribution in [2.75, 3.05) is 37.0 Å². The van der Waals surface area contributed by atoms with Gasteiger partial charge in [-0.1, -0.05) is 0 Å². The van der Waals surface area contributed by atoms with E-state index < -0.39 is 0 Å². The van der Waals surface area contributed by atoms with Crippen LogP contribution in [0.25, 0.3) is 0 Å². The van der Waals surface area contributed by atoms with Crippen molar-refractivity contribution in [3.05, 3.63) is 24.3 Å². The minimum atomic E-state index is -0.250. The summed E-state index contributed by atoms with van der Waals surface area (Å²) in [6, 6.07) is 8.24. The number of thiocarbonyl (C=S) groups is 1. The molecule has 21 heavy (non-hydrogen) atoms. The second-order valence-corrected chi connectivity index (χ2v) is 5.36. The molecule has 5 nitrogen and oxygen atoms in total. The van der Waals surface area contributed by atoms with Gasteiger partial charge < -0.3 is 20.3 Å². The lowest BCUT2D eigenvalue weighted by Crippen LogP contribution is -2.30. The van der Waals surface area contributed by atoms with Gasteiger partial charge in [0.05, 0.1) is 13.5 Å². The van der Waals surface area contributed by atoms with Crippen LogP contribution in [0.3, 0.4) is 0 Å². The van der Waals surface area contributed by atoms with Crippen LogP contribution in [0.4, 0.5) is 11.4 Å². The Morgan fingerprint density at radius 2 is 1.95 bits per heavy atom. The van der Waals surface area contributed by atoms with E-state index in [2.05, 4.69) is 32.4 Å². The fourth-order valence-electron chi connectivity index (χ4n) is 2.29. The van der Waals surface area contributed by atoms with Gasteiger partial charge in [-0.25, -0.2) is 0 Å². The largest absolute Gasteiger partial charge is 0.469 e. The van der Waals surface area contributed by atoms with Crippen molar-refractivity contribution in [1.82, 2.24) is 5.32 Å². The molecule has 0 spiro atoms. The van der Waals surface area contributed by atoms with E-state index in [0.717, 1.165) is 18.8 Å². The van der Waals surface area contributed by atoms with Crippen molar-refractivity contribution < 1.29 is 9.53 Å². The Morgan fingerprint density at radius 1 is 1.29 bits per heavy atom. The Morgan fingerprint density at radius 3 is 2.57 bits per heavy atom. The van der Waals surface area contributed by atoms with Crippen LogP contribution in [-0.2, 0) is 9.53 Å². The first-order valence-corrected chi connectivity index (χ1v) is 7.56. The number of anilines is 2. The maximum atomic E-state index is 11.0. The third kappa shape index (κ3) is 4.90. The minimum absolute atomic E-state index is 0.250. The van der Waals surface area contributed by atoms with E-state index in [1.54, 1.807) is 0 Å². The van der Waals surface area contributed by atoms with Crippen molar-refractivity contribution in [1.29, 1.82) is 0 Å². The number of hydrogen-bond donors (Lipinski definition) is 2. The molecule has 114 valence electrons. The molecule has 1 fully saturated rings. The zero-order valence-electron chi connectivity index (χ0n) is 12.2. The molecule has 0 bridgehead atoms. The third-order valence-corrected chi connectivity index (χ3v) is 3.69. The number of methoxy groups -OCH3 is 1. The Bertz CT molecular complexity index is 484. The summed E-state index contributed by atoms with van der Waals surface area (Å²) in [6.45, 7) is 2.74. The number of nitrogens with one attached hydrogen (secondary N) is 2. The first-order chi connectivity index (χ1) is 10.2. The second kappa shape index (κ2) is 7.83. The lowest BCUT2D eigenvalue weighted by molar-refractivity contribution is -0.140. The number of carbonyl (C=O) groups excluding carboxylic acids is 1. The van der Waals surface area contributed by atoms with Crippen LogP contribution < -0.4 is 15.5 Å². The molecule has 1 saturated heterocycles. The SMILES string of the molecule is COC(=O)CCNC(=S)Nc1ccc(N2CCCC2)cc1. The second-order valence-electron chi connectivity index (χ2n) is 4.95. The van der Waals surface area contributed by atoms with Crippen LogP contribution in [0.5, 0.6) is 0 Å². The van der Waals surface area contributed by atoms with E-state index in [1.165, 1.54) is 25.6 Å². The van der Waals surface area contributed by atoms with Gasteiger partial charge in [-0.3, -0.25) is 4.79 Å². The zero-order chi connectivity index (χ0) is 15.1. The van der Waals surface area contributed by atoms with Crippen LogP contribution >= 0.6 is 12.2 Å². The van der Waals surface area contributed by atoms with Crippen LogP contribution in [0, 0.1) is 0 Å². The van der Waals surface area contributed by atoms with E-state index in [4.69, 9.17) is 12.2 Å². The van der Waals surface area contributed by atoms with Gasteiger partial charge >= 0.3 is 5.97 Å². The van der Waals surface area contributed by atoms with Crippen LogP contribution in [0.2, 0.25) is 0 Å². The molecule has 0 amide bonds. The number of rotatable bonds is 5. The summed E-state index contributed by atoms with van der Waals surface area (Å²) in [5.74, 6) is -0.250. The van der Waals surface area contributed by atoms with E-state index in [9.17, 15) is 4.79 Å². The molecule has 0 unspecified atom stereocenters. The summed E-state index contributed by atoms with van der Waals surface area (Å²) >= 11 is 5.18. The third-order valence-electron chi connectivity index (χ3n) is 3.44. The van der Waals surface area contributed by atoms with Gasteiger partial charge in [-0.2, -0.15) is 0 Å². The van der Waals surface area contributed by atoms with Gasteiger partial charge in [-0.05, 0) is 49.3 Å². The molecular formula is C15H21N3O2S. The maximum Gasteiger partial charge on any atom is 0.307 e. The Kier molecular flexibility index (Phi) is 5.80. The van der Waals surface area contributed by atoms with Gasteiger partial charge in [0, 0.05) is 31.0 Å². The Labute approximate surface area is 130 Å². The molecule has 1 aliphatic heterocycles. The summed E-state index contributed by atoms with van der Waals surface area (Å²) in [4.78, 5) is 13.4. The highest BCUT2D eigenvalue weighted by Crippen LogP contribution is 2.21. The predicted octanol–water partition coefficient (Wildman–Crippen LogP) is 2.14. The topological polar surface area (TPSA) is 53.6 Å².